The van der Waals surface area contributed by atoms with Crippen molar-refractivity contribution in [1.82, 2.24) is 10.2 Å². The monoisotopic (exact) mass is 318 g/mol. The molecule has 1 aromatic carbocycles. The minimum atomic E-state index is 0.0229. The molecule has 2 amide bonds. The lowest BCUT2D eigenvalue weighted by atomic mass is 9.77. The second-order valence-electron chi connectivity index (χ2n) is 6.85. The Kier molecular flexibility index (Phi) is 6.05. The van der Waals surface area contributed by atoms with Gasteiger partial charge in [-0.3, -0.25) is 0 Å². The lowest BCUT2D eigenvalue weighted by Crippen LogP contribution is -2.48. The van der Waals surface area contributed by atoms with Crippen LogP contribution in [0, 0.1) is 19.3 Å². The van der Waals surface area contributed by atoms with Gasteiger partial charge in [-0.25, -0.2) is 4.79 Å². The van der Waals surface area contributed by atoms with Crippen LogP contribution in [0.1, 0.15) is 42.9 Å². The van der Waals surface area contributed by atoms with Gasteiger partial charge in [-0.2, -0.15) is 0 Å². The Hall–Kier alpha value is -1.55. The fraction of sp³-hybridized carbons (Fsp3) is 0.632. The summed E-state index contributed by atoms with van der Waals surface area (Å²) in [5, 5.41) is 12.6. The number of rotatable bonds is 5. The van der Waals surface area contributed by atoms with Crippen LogP contribution >= 0.6 is 0 Å². The Morgan fingerprint density at radius 3 is 2.39 bits per heavy atom. The number of urea groups is 1. The molecule has 23 heavy (non-hydrogen) atoms. The molecule has 2 N–H and O–H groups in total. The van der Waals surface area contributed by atoms with E-state index in [0.29, 0.717) is 6.54 Å². The minimum Gasteiger partial charge on any atom is -0.396 e. The van der Waals surface area contributed by atoms with E-state index in [1.54, 1.807) is 0 Å². The minimum absolute atomic E-state index is 0.0229. The number of aryl methyl sites for hydroxylation is 2. The SMILES string of the molecule is CCC1(CO)CCN(C(=O)NCCc2c(C)cccc2C)CC1. The first kappa shape index (κ1) is 17.8. The maximum Gasteiger partial charge on any atom is 0.317 e. The zero-order valence-corrected chi connectivity index (χ0v) is 14.7. The molecule has 4 nitrogen and oxygen atoms in total. The topological polar surface area (TPSA) is 52.6 Å². The summed E-state index contributed by atoms with van der Waals surface area (Å²) in [6.45, 7) is 8.73. The Bertz CT molecular complexity index is 508. The molecule has 1 fully saturated rings. The van der Waals surface area contributed by atoms with Gasteiger partial charge in [0.05, 0.1) is 0 Å². The zero-order valence-electron chi connectivity index (χ0n) is 14.7. The fourth-order valence-corrected chi connectivity index (χ4v) is 3.46. The molecule has 1 aromatic rings. The van der Waals surface area contributed by atoms with E-state index in [0.717, 1.165) is 38.8 Å². The van der Waals surface area contributed by atoms with Crippen LogP contribution in [-0.4, -0.2) is 42.3 Å². The maximum absolute atomic E-state index is 12.3. The van der Waals surface area contributed by atoms with Gasteiger partial charge in [-0.15, -0.1) is 0 Å². The third kappa shape index (κ3) is 4.25. The number of aliphatic hydroxyl groups is 1. The smallest absolute Gasteiger partial charge is 0.317 e. The maximum atomic E-state index is 12.3. The molecule has 0 aliphatic carbocycles. The van der Waals surface area contributed by atoms with Crippen LogP contribution in [-0.2, 0) is 6.42 Å². The molecule has 0 atom stereocenters. The van der Waals surface area contributed by atoms with Crippen molar-refractivity contribution in [2.75, 3.05) is 26.2 Å². The molecule has 2 rings (SSSR count). The van der Waals surface area contributed by atoms with Crippen LogP contribution in [0.15, 0.2) is 18.2 Å². The van der Waals surface area contributed by atoms with E-state index in [9.17, 15) is 9.90 Å². The highest BCUT2D eigenvalue weighted by atomic mass is 16.3. The first-order valence-corrected chi connectivity index (χ1v) is 8.70. The molecule has 1 heterocycles. The summed E-state index contributed by atoms with van der Waals surface area (Å²) in [4.78, 5) is 14.2. The predicted octanol–water partition coefficient (Wildman–Crippen LogP) is 3.04. The Morgan fingerprint density at radius 2 is 1.87 bits per heavy atom. The quantitative estimate of drug-likeness (QED) is 0.877. The van der Waals surface area contributed by atoms with E-state index in [1.165, 1.54) is 16.7 Å². The van der Waals surface area contributed by atoms with Crippen molar-refractivity contribution in [2.45, 2.75) is 46.5 Å². The van der Waals surface area contributed by atoms with Gasteiger partial charge in [0.1, 0.15) is 0 Å². The van der Waals surface area contributed by atoms with Gasteiger partial charge in [-0.05, 0) is 61.6 Å². The molecule has 0 spiro atoms. The van der Waals surface area contributed by atoms with Gasteiger partial charge in [0.2, 0.25) is 0 Å². The van der Waals surface area contributed by atoms with Crippen molar-refractivity contribution in [3.05, 3.63) is 34.9 Å². The van der Waals surface area contributed by atoms with E-state index >= 15 is 0 Å². The number of aliphatic hydroxyl groups excluding tert-OH is 1. The molecular formula is C19H30N2O2. The number of piperidine rings is 1. The van der Waals surface area contributed by atoms with Crippen molar-refractivity contribution in [2.24, 2.45) is 5.41 Å². The highest BCUT2D eigenvalue weighted by molar-refractivity contribution is 5.74. The van der Waals surface area contributed by atoms with Crippen molar-refractivity contribution >= 4 is 6.03 Å². The third-order valence-electron chi connectivity index (χ3n) is 5.49. The van der Waals surface area contributed by atoms with Crippen LogP contribution < -0.4 is 5.32 Å². The highest BCUT2D eigenvalue weighted by Crippen LogP contribution is 2.34. The fourth-order valence-electron chi connectivity index (χ4n) is 3.46. The number of carbonyl (C=O) groups is 1. The van der Waals surface area contributed by atoms with E-state index in [1.807, 2.05) is 4.90 Å². The molecule has 0 radical (unpaired) electrons. The van der Waals surface area contributed by atoms with Crippen molar-refractivity contribution < 1.29 is 9.90 Å². The second-order valence-corrected chi connectivity index (χ2v) is 6.85. The van der Waals surface area contributed by atoms with Crippen LogP contribution in [0.2, 0.25) is 0 Å². The van der Waals surface area contributed by atoms with E-state index in [-0.39, 0.29) is 18.1 Å². The first-order chi connectivity index (χ1) is 11.0. The van der Waals surface area contributed by atoms with Gasteiger partial charge >= 0.3 is 6.03 Å². The van der Waals surface area contributed by atoms with Crippen molar-refractivity contribution in [1.29, 1.82) is 0 Å². The molecule has 0 bridgehead atoms. The summed E-state index contributed by atoms with van der Waals surface area (Å²) in [6.07, 6.45) is 3.63. The molecule has 0 unspecified atom stereocenters. The molecule has 128 valence electrons. The molecule has 1 saturated heterocycles. The number of nitrogens with one attached hydrogen (secondary N) is 1. The molecule has 0 aromatic heterocycles. The molecule has 0 saturated carbocycles. The van der Waals surface area contributed by atoms with Crippen molar-refractivity contribution in [3.63, 3.8) is 0 Å². The van der Waals surface area contributed by atoms with Crippen molar-refractivity contribution in [3.8, 4) is 0 Å². The molecule has 1 aliphatic heterocycles. The van der Waals surface area contributed by atoms with Crippen LogP contribution in [0.25, 0.3) is 0 Å². The molecule has 1 aliphatic rings. The lowest BCUT2D eigenvalue weighted by molar-refractivity contribution is 0.0520. The largest absolute Gasteiger partial charge is 0.396 e. The number of likely N-dealkylation sites (tertiary alicyclic amines) is 1. The zero-order chi connectivity index (χ0) is 16.9. The predicted molar refractivity (Wildman–Crippen MR) is 93.6 cm³/mol. The lowest BCUT2D eigenvalue weighted by Gasteiger charge is -2.40. The summed E-state index contributed by atoms with van der Waals surface area (Å²) in [5.41, 5.74) is 3.92. The van der Waals surface area contributed by atoms with E-state index < -0.39 is 0 Å². The number of nitrogens with zero attached hydrogens (tertiary/aromatic N) is 1. The molecular weight excluding hydrogens is 288 g/mol. The van der Waals surface area contributed by atoms with Gasteiger partial charge in [0.15, 0.2) is 0 Å². The first-order valence-electron chi connectivity index (χ1n) is 8.70. The van der Waals surface area contributed by atoms with Gasteiger partial charge in [-0.1, -0.05) is 25.1 Å². The molecule has 4 heteroatoms. The van der Waals surface area contributed by atoms with Crippen LogP contribution in [0.4, 0.5) is 4.79 Å². The highest BCUT2D eigenvalue weighted by Gasteiger charge is 2.33. The summed E-state index contributed by atoms with van der Waals surface area (Å²) in [7, 11) is 0. The third-order valence-corrected chi connectivity index (χ3v) is 5.49. The summed E-state index contributed by atoms with van der Waals surface area (Å²) in [5.74, 6) is 0. The summed E-state index contributed by atoms with van der Waals surface area (Å²) in [6, 6.07) is 6.34. The van der Waals surface area contributed by atoms with E-state index in [4.69, 9.17) is 0 Å². The average Bonchev–Trinajstić information content (AvgIpc) is 2.57. The van der Waals surface area contributed by atoms with Crippen LogP contribution in [0.5, 0.6) is 0 Å². The second kappa shape index (κ2) is 7.82. The Balaban J connectivity index is 1.80. The number of hydrogen-bond acceptors (Lipinski definition) is 2. The average molecular weight is 318 g/mol. The normalized spacial score (nSPS) is 17.1. The number of benzene rings is 1. The Morgan fingerprint density at radius 1 is 1.26 bits per heavy atom. The van der Waals surface area contributed by atoms with Gasteiger partial charge < -0.3 is 15.3 Å². The number of carbonyl (C=O) groups excluding carboxylic acids is 1. The number of amides is 2. The van der Waals surface area contributed by atoms with E-state index in [2.05, 4.69) is 44.3 Å². The van der Waals surface area contributed by atoms with Gasteiger partial charge in [0.25, 0.3) is 0 Å². The number of hydrogen-bond donors (Lipinski definition) is 2. The van der Waals surface area contributed by atoms with Gasteiger partial charge in [0, 0.05) is 26.2 Å². The Labute approximate surface area is 139 Å². The summed E-state index contributed by atoms with van der Waals surface area (Å²) >= 11 is 0. The van der Waals surface area contributed by atoms with Crippen LogP contribution in [0.3, 0.4) is 0 Å². The standard InChI is InChI=1S/C19H30N2O2/c1-4-19(14-22)9-12-21(13-10-19)18(23)20-11-8-17-15(2)6-5-7-16(17)3/h5-7,22H,4,8-14H2,1-3H3,(H,20,23). The summed E-state index contributed by atoms with van der Waals surface area (Å²) < 4.78 is 0.